The number of nitrogens with zero attached hydrogens (tertiary/aromatic N) is 1. The van der Waals surface area contributed by atoms with Gasteiger partial charge in [-0.2, -0.15) is 0 Å². The van der Waals surface area contributed by atoms with Crippen molar-refractivity contribution in [1.29, 1.82) is 0 Å². The molecule has 0 spiro atoms. The van der Waals surface area contributed by atoms with Crippen molar-refractivity contribution in [2.24, 2.45) is 5.92 Å². The third-order valence-electron chi connectivity index (χ3n) is 4.34. The van der Waals surface area contributed by atoms with Crippen molar-refractivity contribution in [3.05, 3.63) is 23.8 Å². The van der Waals surface area contributed by atoms with Crippen LogP contribution in [0.15, 0.2) is 18.2 Å². The fourth-order valence-electron chi connectivity index (χ4n) is 2.96. The number of carbonyl (C=O) groups is 1. The Labute approximate surface area is 131 Å². The van der Waals surface area contributed by atoms with Crippen LogP contribution in [0, 0.1) is 5.92 Å². The number of amides is 2. The first-order valence-electron chi connectivity index (χ1n) is 8.06. The Bertz CT molecular complexity index is 545. The molecule has 1 atom stereocenters. The average molecular weight is 304 g/mol. The molecule has 2 heterocycles. The number of likely N-dealkylation sites (tertiary alicyclic amines) is 1. The van der Waals surface area contributed by atoms with Gasteiger partial charge in [0.05, 0.1) is 0 Å². The minimum atomic E-state index is 0.0592. The summed E-state index contributed by atoms with van der Waals surface area (Å²) in [5.41, 5.74) is 1.22. The molecule has 0 saturated carbocycles. The van der Waals surface area contributed by atoms with E-state index >= 15 is 0 Å². The van der Waals surface area contributed by atoms with Gasteiger partial charge < -0.3 is 19.7 Å². The van der Waals surface area contributed by atoms with Gasteiger partial charge in [-0.15, -0.1) is 0 Å². The molecule has 1 saturated heterocycles. The van der Waals surface area contributed by atoms with Crippen LogP contribution in [-0.4, -0.2) is 37.4 Å². The van der Waals surface area contributed by atoms with Gasteiger partial charge in [-0.1, -0.05) is 19.9 Å². The van der Waals surface area contributed by atoms with E-state index in [0.29, 0.717) is 18.6 Å². The summed E-state index contributed by atoms with van der Waals surface area (Å²) in [4.78, 5) is 14.1. The Balaban J connectivity index is 1.54. The largest absolute Gasteiger partial charge is 0.454 e. The molecule has 0 bridgehead atoms. The molecule has 5 nitrogen and oxygen atoms in total. The molecule has 5 heteroatoms. The lowest BCUT2D eigenvalue weighted by Gasteiger charge is -2.18. The minimum Gasteiger partial charge on any atom is -0.454 e. The van der Waals surface area contributed by atoms with Crippen LogP contribution < -0.4 is 14.8 Å². The summed E-state index contributed by atoms with van der Waals surface area (Å²) in [5.74, 6) is 2.62. The quantitative estimate of drug-likeness (QED) is 0.930. The Morgan fingerprint density at radius 3 is 3.00 bits per heavy atom. The van der Waals surface area contributed by atoms with Crippen molar-refractivity contribution in [3.63, 3.8) is 0 Å². The fourth-order valence-corrected chi connectivity index (χ4v) is 2.96. The summed E-state index contributed by atoms with van der Waals surface area (Å²) < 4.78 is 10.8. The molecule has 3 rings (SSSR count). The lowest BCUT2D eigenvalue weighted by molar-refractivity contribution is 0.174. The smallest absolute Gasteiger partial charge is 0.317 e. The maximum Gasteiger partial charge on any atom is 0.317 e. The first-order valence-corrected chi connectivity index (χ1v) is 8.06. The first kappa shape index (κ1) is 15.0. The second-order valence-electron chi connectivity index (χ2n) is 6.46. The zero-order chi connectivity index (χ0) is 15.5. The van der Waals surface area contributed by atoms with Crippen LogP contribution in [-0.2, 0) is 0 Å². The average Bonchev–Trinajstić information content (AvgIpc) is 3.15. The predicted octanol–water partition coefficient (Wildman–Crippen LogP) is 2.96. The first-order chi connectivity index (χ1) is 10.6. The van der Waals surface area contributed by atoms with Crippen LogP contribution in [0.2, 0.25) is 0 Å². The molecule has 2 aliphatic heterocycles. The molecule has 0 aromatic heterocycles. The summed E-state index contributed by atoms with van der Waals surface area (Å²) in [6, 6.07) is 6.15. The SMILES string of the molecule is CC(C)CCNC(=O)N1CCC(c2ccc3c(c2)OCO3)C1. The molecule has 120 valence electrons. The summed E-state index contributed by atoms with van der Waals surface area (Å²) in [7, 11) is 0. The van der Waals surface area contributed by atoms with Gasteiger partial charge in [0, 0.05) is 25.6 Å². The van der Waals surface area contributed by atoms with E-state index in [1.165, 1.54) is 5.56 Å². The van der Waals surface area contributed by atoms with Gasteiger partial charge in [-0.05, 0) is 36.5 Å². The van der Waals surface area contributed by atoms with E-state index in [1.54, 1.807) is 0 Å². The number of nitrogens with one attached hydrogen (secondary N) is 1. The van der Waals surface area contributed by atoms with Gasteiger partial charge in [-0.3, -0.25) is 0 Å². The minimum absolute atomic E-state index is 0.0592. The van der Waals surface area contributed by atoms with Crippen molar-refractivity contribution in [1.82, 2.24) is 10.2 Å². The molecule has 1 N–H and O–H groups in total. The third kappa shape index (κ3) is 3.29. The Morgan fingerprint density at radius 2 is 2.18 bits per heavy atom. The van der Waals surface area contributed by atoms with Crippen LogP contribution in [0.3, 0.4) is 0 Å². The second-order valence-corrected chi connectivity index (χ2v) is 6.46. The van der Waals surface area contributed by atoms with E-state index < -0.39 is 0 Å². The number of fused-ring (bicyclic) bond motifs is 1. The molecule has 22 heavy (non-hydrogen) atoms. The third-order valence-corrected chi connectivity index (χ3v) is 4.34. The van der Waals surface area contributed by atoms with Gasteiger partial charge in [-0.25, -0.2) is 4.79 Å². The molecule has 1 aromatic rings. The monoisotopic (exact) mass is 304 g/mol. The molecule has 1 aromatic carbocycles. The molecule has 2 aliphatic rings. The Morgan fingerprint density at radius 1 is 1.36 bits per heavy atom. The van der Waals surface area contributed by atoms with E-state index in [4.69, 9.17) is 9.47 Å². The van der Waals surface area contributed by atoms with Crippen LogP contribution in [0.25, 0.3) is 0 Å². The van der Waals surface area contributed by atoms with Gasteiger partial charge in [0.15, 0.2) is 11.5 Å². The molecule has 0 radical (unpaired) electrons. The summed E-state index contributed by atoms with van der Waals surface area (Å²) >= 11 is 0. The van der Waals surface area contributed by atoms with Crippen LogP contribution in [0.1, 0.15) is 38.2 Å². The number of hydrogen-bond donors (Lipinski definition) is 1. The van der Waals surface area contributed by atoms with Crippen molar-refractivity contribution >= 4 is 6.03 Å². The maximum absolute atomic E-state index is 12.2. The van der Waals surface area contributed by atoms with E-state index in [1.807, 2.05) is 17.0 Å². The zero-order valence-corrected chi connectivity index (χ0v) is 13.3. The van der Waals surface area contributed by atoms with Gasteiger partial charge in [0.25, 0.3) is 0 Å². The summed E-state index contributed by atoms with van der Waals surface area (Å²) in [5, 5.41) is 3.01. The molecule has 0 aliphatic carbocycles. The molecule has 2 amide bonds. The van der Waals surface area contributed by atoms with Crippen molar-refractivity contribution < 1.29 is 14.3 Å². The molecule has 1 unspecified atom stereocenters. The Hall–Kier alpha value is -1.91. The standard InChI is InChI=1S/C17H24N2O3/c1-12(2)5-7-18-17(20)19-8-6-14(10-19)13-3-4-15-16(9-13)22-11-21-15/h3-4,9,12,14H,5-8,10-11H2,1-2H3,(H,18,20). The lowest BCUT2D eigenvalue weighted by Crippen LogP contribution is -2.39. The number of benzene rings is 1. The highest BCUT2D eigenvalue weighted by atomic mass is 16.7. The molecular formula is C17H24N2O3. The van der Waals surface area contributed by atoms with E-state index in [9.17, 15) is 4.79 Å². The molecular weight excluding hydrogens is 280 g/mol. The number of urea groups is 1. The second kappa shape index (κ2) is 6.46. The maximum atomic E-state index is 12.2. The van der Waals surface area contributed by atoms with E-state index in [2.05, 4.69) is 25.2 Å². The van der Waals surface area contributed by atoms with E-state index in [0.717, 1.165) is 44.0 Å². The van der Waals surface area contributed by atoms with Crippen LogP contribution in [0.5, 0.6) is 11.5 Å². The fraction of sp³-hybridized carbons (Fsp3) is 0.588. The van der Waals surface area contributed by atoms with Gasteiger partial charge in [0.2, 0.25) is 6.79 Å². The lowest BCUT2D eigenvalue weighted by atomic mass is 9.98. The highest BCUT2D eigenvalue weighted by Gasteiger charge is 2.28. The number of carbonyl (C=O) groups excluding carboxylic acids is 1. The van der Waals surface area contributed by atoms with Crippen LogP contribution in [0.4, 0.5) is 4.79 Å². The highest BCUT2D eigenvalue weighted by molar-refractivity contribution is 5.74. The zero-order valence-electron chi connectivity index (χ0n) is 13.3. The normalized spacial score (nSPS) is 19.8. The number of ether oxygens (including phenoxy) is 2. The predicted molar refractivity (Wildman–Crippen MR) is 84.3 cm³/mol. The Kier molecular flexibility index (Phi) is 4.41. The highest BCUT2D eigenvalue weighted by Crippen LogP contribution is 2.37. The van der Waals surface area contributed by atoms with E-state index in [-0.39, 0.29) is 6.03 Å². The van der Waals surface area contributed by atoms with Gasteiger partial charge in [0.1, 0.15) is 0 Å². The molecule has 1 fully saturated rings. The van der Waals surface area contributed by atoms with Crippen molar-refractivity contribution in [2.75, 3.05) is 26.4 Å². The number of rotatable bonds is 4. The van der Waals surface area contributed by atoms with Crippen LogP contribution >= 0.6 is 0 Å². The number of hydrogen-bond acceptors (Lipinski definition) is 3. The van der Waals surface area contributed by atoms with Gasteiger partial charge >= 0.3 is 6.03 Å². The van der Waals surface area contributed by atoms with Crippen molar-refractivity contribution in [2.45, 2.75) is 32.6 Å². The summed E-state index contributed by atoms with van der Waals surface area (Å²) in [6.45, 7) is 6.96. The summed E-state index contributed by atoms with van der Waals surface area (Å²) in [6.07, 6.45) is 2.02. The topological polar surface area (TPSA) is 50.8 Å². The van der Waals surface area contributed by atoms with Crippen molar-refractivity contribution in [3.8, 4) is 11.5 Å².